The molecule has 0 saturated carbocycles. The molecule has 0 aliphatic rings. The standard InChI is InChI=1S/C10H10O7S/c1-5-6(10(13)17-2)3-4-7(18(14,15)16)8(5)9(11)12/h3-4H,1-2H3,(H,11,12)(H,14,15,16). The van der Waals surface area contributed by atoms with Gasteiger partial charge in [-0.2, -0.15) is 8.42 Å². The van der Waals surface area contributed by atoms with E-state index in [2.05, 4.69) is 4.74 Å². The summed E-state index contributed by atoms with van der Waals surface area (Å²) in [5.74, 6) is -2.36. The topological polar surface area (TPSA) is 118 Å². The van der Waals surface area contributed by atoms with Crippen LogP contribution in [0.15, 0.2) is 17.0 Å². The fraction of sp³-hybridized carbons (Fsp3) is 0.200. The Bertz CT molecular complexity index is 615. The minimum atomic E-state index is -4.68. The Morgan fingerprint density at radius 1 is 1.28 bits per heavy atom. The molecule has 0 unspecified atom stereocenters. The molecule has 0 radical (unpaired) electrons. The molecule has 0 aliphatic carbocycles. The van der Waals surface area contributed by atoms with E-state index in [9.17, 15) is 18.0 Å². The number of hydrogen-bond donors (Lipinski definition) is 2. The molecule has 0 aliphatic heterocycles. The number of ether oxygens (including phenoxy) is 1. The molecule has 18 heavy (non-hydrogen) atoms. The largest absolute Gasteiger partial charge is 0.478 e. The van der Waals surface area contributed by atoms with Crippen LogP contribution < -0.4 is 0 Å². The van der Waals surface area contributed by atoms with Crippen molar-refractivity contribution in [2.75, 3.05) is 7.11 Å². The number of methoxy groups -OCH3 is 1. The summed E-state index contributed by atoms with van der Waals surface area (Å²) < 4.78 is 35.4. The first-order valence-corrected chi connectivity index (χ1v) is 6.07. The maximum absolute atomic E-state index is 11.3. The molecule has 0 heterocycles. The zero-order valence-corrected chi connectivity index (χ0v) is 10.3. The van der Waals surface area contributed by atoms with Crippen LogP contribution in [0.1, 0.15) is 26.3 Å². The average Bonchev–Trinajstić information content (AvgIpc) is 2.25. The normalized spacial score (nSPS) is 11.1. The zero-order chi connectivity index (χ0) is 14.1. The number of carbonyl (C=O) groups is 2. The molecule has 0 fully saturated rings. The number of carboxylic acids is 1. The second-order valence-electron chi connectivity index (χ2n) is 3.38. The average molecular weight is 274 g/mol. The van der Waals surface area contributed by atoms with Crippen molar-refractivity contribution < 1.29 is 32.4 Å². The highest BCUT2D eigenvalue weighted by Gasteiger charge is 2.25. The van der Waals surface area contributed by atoms with Crippen molar-refractivity contribution in [1.29, 1.82) is 0 Å². The van der Waals surface area contributed by atoms with Crippen LogP contribution in [0.4, 0.5) is 0 Å². The van der Waals surface area contributed by atoms with E-state index in [1.165, 1.54) is 6.92 Å². The molecular weight excluding hydrogens is 264 g/mol. The van der Waals surface area contributed by atoms with E-state index < -0.39 is 32.5 Å². The van der Waals surface area contributed by atoms with E-state index in [4.69, 9.17) is 9.66 Å². The molecular formula is C10H10O7S. The fourth-order valence-electron chi connectivity index (χ4n) is 1.50. The van der Waals surface area contributed by atoms with Crippen molar-refractivity contribution >= 4 is 22.1 Å². The van der Waals surface area contributed by atoms with Crippen LogP contribution in [0, 0.1) is 6.92 Å². The van der Waals surface area contributed by atoms with Gasteiger partial charge >= 0.3 is 11.9 Å². The Balaban J connectivity index is 3.69. The lowest BCUT2D eigenvalue weighted by molar-refractivity contribution is 0.0599. The first kappa shape index (κ1) is 14.1. The van der Waals surface area contributed by atoms with Crippen molar-refractivity contribution in [2.24, 2.45) is 0 Å². The lowest BCUT2D eigenvalue weighted by atomic mass is 10.0. The molecule has 7 nitrogen and oxygen atoms in total. The maximum Gasteiger partial charge on any atom is 0.338 e. The number of rotatable bonds is 3. The molecule has 0 saturated heterocycles. The number of esters is 1. The van der Waals surface area contributed by atoms with E-state index in [0.29, 0.717) is 0 Å². The van der Waals surface area contributed by atoms with Gasteiger partial charge in [-0.15, -0.1) is 0 Å². The Kier molecular flexibility index (Phi) is 3.73. The molecule has 0 aromatic heterocycles. The van der Waals surface area contributed by atoms with E-state index in [1.807, 2.05) is 0 Å². The van der Waals surface area contributed by atoms with Gasteiger partial charge in [-0.05, 0) is 24.6 Å². The fourth-order valence-corrected chi connectivity index (χ4v) is 2.24. The van der Waals surface area contributed by atoms with Gasteiger partial charge < -0.3 is 9.84 Å². The van der Waals surface area contributed by atoms with Crippen LogP contribution in [-0.4, -0.2) is 37.1 Å². The van der Waals surface area contributed by atoms with Crippen LogP contribution in [-0.2, 0) is 14.9 Å². The van der Waals surface area contributed by atoms with Crippen molar-refractivity contribution in [1.82, 2.24) is 0 Å². The number of carbonyl (C=O) groups excluding carboxylic acids is 1. The Morgan fingerprint density at radius 3 is 2.22 bits per heavy atom. The van der Waals surface area contributed by atoms with Crippen LogP contribution in [0.2, 0.25) is 0 Å². The zero-order valence-electron chi connectivity index (χ0n) is 9.50. The summed E-state index contributed by atoms with van der Waals surface area (Å²) in [5.41, 5.74) is -0.827. The predicted octanol–water partition coefficient (Wildman–Crippen LogP) is 0.727. The second-order valence-corrected chi connectivity index (χ2v) is 4.77. The van der Waals surface area contributed by atoms with Crippen LogP contribution in [0.5, 0.6) is 0 Å². The monoisotopic (exact) mass is 274 g/mol. The highest BCUT2D eigenvalue weighted by Crippen LogP contribution is 2.23. The van der Waals surface area contributed by atoms with Gasteiger partial charge in [0.2, 0.25) is 0 Å². The molecule has 0 amide bonds. The van der Waals surface area contributed by atoms with Crippen molar-refractivity contribution in [2.45, 2.75) is 11.8 Å². The molecule has 1 rings (SSSR count). The lowest BCUT2D eigenvalue weighted by Crippen LogP contribution is -2.14. The summed E-state index contributed by atoms with van der Waals surface area (Å²) in [4.78, 5) is 21.6. The van der Waals surface area contributed by atoms with Gasteiger partial charge in [0.15, 0.2) is 0 Å². The number of aromatic carboxylic acids is 1. The number of benzene rings is 1. The minimum absolute atomic E-state index is 0.0812. The molecule has 2 N–H and O–H groups in total. The number of carboxylic acid groups (broad SMARTS) is 1. The maximum atomic E-state index is 11.3. The second kappa shape index (κ2) is 4.75. The van der Waals surface area contributed by atoms with E-state index in [0.717, 1.165) is 19.2 Å². The summed E-state index contributed by atoms with van der Waals surface area (Å²) in [6.45, 7) is 1.25. The van der Waals surface area contributed by atoms with Gasteiger partial charge in [0.1, 0.15) is 4.90 Å². The minimum Gasteiger partial charge on any atom is -0.478 e. The lowest BCUT2D eigenvalue weighted by Gasteiger charge is -2.10. The van der Waals surface area contributed by atoms with Crippen LogP contribution >= 0.6 is 0 Å². The molecule has 0 spiro atoms. The molecule has 1 aromatic rings. The molecule has 8 heteroatoms. The summed E-state index contributed by atoms with van der Waals surface area (Å²) in [5, 5.41) is 8.96. The third kappa shape index (κ3) is 2.49. The molecule has 1 aromatic carbocycles. The summed E-state index contributed by atoms with van der Waals surface area (Å²) in [6.07, 6.45) is 0. The summed E-state index contributed by atoms with van der Waals surface area (Å²) in [6, 6.07) is 1.93. The molecule has 98 valence electrons. The van der Waals surface area contributed by atoms with Crippen LogP contribution in [0.25, 0.3) is 0 Å². The van der Waals surface area contributed by atoms with Gasteiger partial charge in [0.25, 0.3) is 10.1 Å². The van der Waals surface area contributed by atoms with Gasteiger partial charge in [-0.25, -0.2) is 9.59 Å². The smallest absolute Gasteiger partial charge is 0.338 e. The SMILES string of the molecule is COC(=O)c1ccc(S(=O)(=O)O)c(C(=O)O)c1C. The van der Waals surface area contributed by atoms with Gasteiger partial charge in [0.05, 0.1) is 18.2 Å². The van der Waals surface area contributed by atoms with Gasteiger partial charge in [-0.1, -0.05) is 0 Å². The first-order chi connectivity index (χ1) is 8.20. The van der Waals surface area contributed by atoms with Crippen molar-refractivity contribution in [3.63, 3.8) is 0 Å². The highest BCUT2D eigenvalue weighted by molar-refractivity contribution is 7.86. The Labute approximate surface area is 103 Å². The van der Waals surface area contributed by atoms with Crippen molar-refractivity contribution in [3.05, 3.63) is 28.8 Å². The van der Waals surface area contributed by atoms with Crippen LogP contribution in [0.3, 0.4) is 0 Å². The third-order valence-corrected chi connectivity index (χ3v) is 3.22. The summed E-state index contributed by atoms with van der Waals surface area (Å²) >= 11 is 0. The quantitative estimate of drug-likeness (QED) is 0.616. The Morgan fingerprint density at radius 2 is 1.83 bits per heavy atom. The highest BCUT2D eigenvalue weighted by atomic mass is 32.2. The van der Waals surface area contributed by atoms with Gasteiger partial charge in [-0.3, -0.25) is 4.55 Å². The van der Waals surface area contributed by atoms with E-state index in [-0.39, 0.29) is 11.1 Å². The van der Waals surface area contributed by atoms with E-state index >= 15 is 0 Å². The molecule has 0 atom stereocenters. The Hall–Kier alpha value is -1.93. The summed E-state index contributed by atoms with van der Waals surface area (Å²) in [7, 11) is -3.57. The van der Waals surface area contributed by atoms with E-state index in [1.54, 1.807) is 0 Å². The van der Waals surface area contributed by atoms with Crippen molar-refractivity contribution in [3.8, 4) is 0 Å². The third-order valence-electron chi connectivity index (χ3n) is 2.32. The molecule has 0 bridgehead atoms. The van der Waals surface area contributed by atoms with Gasteiger partial charge in [0, 0.05) is 0 Å². The number of hydrogen-bond acceptors (Lipinski definition) is 5. The predicted molar refractivity (Wildman–Crippen MR) is 59.3 cm³/mol. The first-order valence-electron chi connectivity index (χ1n) is 4.62.